The Hall–Kier alpha value is -3.07. The molecule has 212 valence electrons. The Labute approximate surface area is 252 Å². The molecule has 3 heterocycles. The SMILES string of the molecule is CCN(CC)CCNCc1ccnc(Nc2ncnc3c(C(=O)Nc4c(C)c(OC)cc(OC)c4I)csc23)c1. The topological polar surface area (TPSA) is 114 Å². The van der Waals surface area contributed by atoms with Gasteiger partial charge in [-0.2, -0.15) is 0 Å². The largest absolute Gasteiger partial charge is 0.496 e. The Morgan fingerprint density at radius 3 is 2.60 bits per heavy atom. The molecule has 4 rings (SSSR count). The van der Waals surface area contributed by atoms with E-state index in [0.717, 1.165) is 52.1 Å². The molecule has 4 aromatic rings. The molecule has 0 aliphatic carbocycles. The molecule has 0 fully saturated rings. The van der Waals surface area contributed by atoms with Crippen molar-refractivity contribution in [1.29, 1.82) is 0 Å². The van der Waals surface area contributed by atoms with Gasteiger partial charge in [0.15, 0.2) is 5.82 Å². The Bertz CT molecular complexity index is 1450. The number of rotatable bonds is 13. The van der Waals surface area contributed by atoms with Gasteiger partial charge in [-0.05, 0) is 60.3 Å². The average molecular weight is 676 g/mol. The quantitative estimate of drug-likeness (QED) is 0.126. The van der Waals surface area contributed by atoms with Crippen molar-refractivity contribution in [3.05, 3.63) is 56.4 Å². The van der Waals surface area contributed by atoms with Gasteiger partial charge in [-0.25, -0.2) is 15.0 Å². The number of thiophene rings is 1. The molecule has 3 aromatic heterocycles. The van der Waals surface area contributed by atoms with Crippen molar-refractivity contribution in [2.24, 2.45) is 0 Å². The predicted molar refractivity (Wildman–Crippen MR) is 169 cm³/mol. The lowest BCUT2D eigenvalue weighted by molar-refractivity contribution is 0.102. The minimum atomic E-state index is -0.275. The molecule has 3 N–H and O–H groups in total. The molecule has 0 aliphatic rings. The lowest BCUT2D eigenvalue weighted by atomic mass is 10.1. The number of nitrogens with zero attached hydrogens (tertiary/aromatic N) is 4. The third kappa shape index (κ3) is 6.79. The van der Waals surface area contributed by atoms with Crippen molar-refractivity contribution < 1.29 is 14.3 Å². The van der Waals surface area contributed by atoms with Gasteiger partial charge >= 0.3 is 0 Å². The first kappa shape index (κ1) is 29.9. The monoisotopic (exact) mass is 675 g/mol. The first-order valence-electron chi connectivity index (χ1n) is 13.0. The van der Waals surface area contributed by atoms with Gasteiger partial charge in [-0.1, -0.05) is 13.8 Å². The minimum Gasteiger partial charge on any atom is -0.496 e. The number of methoxy groups -OCH3 is 2. The number of aromatic nitrogens is 3. The molecule has 0 aliphatic heterocycles. The number of carbonyl (C=O) groups is 1. The van der Waals surface area contributed by atoms with Crippen LogP contribution in [0.5, 0.6) is 11.5 Å². The third-order valence-electron chi connectivity index (χ3n) is 6.62. The van der Waals surface area contributed by atoms with E-state index in [9.17, 15) is 4.79 Å². The van der Waals surface area contributed by atoms with Crippen LogP contribution in [0, 0.1) is 10.5 Å². The van der Waals surface area contributed by atoms with E-state index < -0.39 is 0 Å². The van der Waals surface area contributed by atoms with Crippen molar-refractivity contribution in [1.82, 2.24) is 25.2 Å². The normalized spacial score (nSPS) is 11.2. The minimum absolute atomic E-state index is 0.275. The Morgan fingerprint density at radius 1 is 1.10 bits per heavy atom. The zero-order chi connectivity index (χ0) is 28.6. The van der Waals surface area contributed by atoms with E-state index >= 15 is 0 Å². The fraction of sp³-hybridized carbons (Fsp3) is 0.357. The van der Waals surface area contributed by atoms with Crippen LogP contribution in [0.4, 0.5) is 17.3 Å². The highest BCUT2D eigenvalue weighted by atomic mass is 127. The third-order valence-corrected chi connectivity index (χ3v) is 8.67. The molecule has 0 radical (unpaired) electrons. The zero-order valence-corrected chi connectivity index (χ0v) is 26.3. The standard InChI is InChI=1S/C28H34IN7O3S/c1-6-36(7-2)11-10-30-14-18-8-9-31-22(12-18)34-27-26-25(32-16-33-27)19(15-40-26)28(37)35-24-17(3)20(38-4)13-21(39-5)23(24)29/h8-9,12-13,15-16,30H,6-7,10-11,14H2,1-5H3,(H,35,37)(H,31,32,33,34). The highest BCUT2D eigenvalue weighted by Crippen LogP contribution is 2.39. The van der Waals surface area contributed by atoms with E-state index in [1.54, 1.807) is 25.8 Å². The molecule has 12 heteroatoms. The van der Waals surface area contributed by atoms with E-state index in [4.69, 9.17) is 9.47 Å². The second-order valence-corrected chi connectivity index (χ2v) is 10.9. The smallest absolute Gasteiger partial charge is 0.258 e. The summed E-state index contributed by atoms with van der Waals surface area (Å²) in [5.41, 5.74) is 3.59. The van der Waals surface area contributed by atoms with E-state index in [1.807, 2.05) is 25.1 Å². The molecule has 0 atom stereocenters. The van der Waals surface area contributed by atoms with E-state index in [0.29, 0.717) is 39.9 Å². The van der Waals surface area contributed by atoms with Crippen molar-refractivity contribution in [2.45, 2.75) is 27.3 Å². The van der Waals surface area contributed by atoms with Crippen LogP contribution in [0.1, 0.15) is 35.3 Å². The average Bonchev–Trinajstić information content (AvgIpc) is 3.41. The van der Waals surface area contributed by atoms with Crippen molar-refractivity contribution >= 4 is 67.4 Å². The Morgan fingerprint density at radius 2 is 1.88 bits per heavy atom. The van der Waals surface area contributed by atoms with Crippen LogP contribution < -0.4 is 25.4 Å². The summed E-state index contributed by atoms with van der Waals surface area (Å²) in [5, 5.41) is 11.6. The molecule has 0 bridgehead atoms. The molecule has 0 saturated carbocycles. The van der Waals surface area contributed by atoms with Crippen LogP contribution in [0.15, 0.2) is 36.1 Å². The number of ether oxygens (including phenoxy) is 2. The Balaban J connectivity index is 1.51. The van der Waals surface area contributed by atoms with Gasteiger partial charge in [0.05, 0.1) is 39.3 Å². The molecule has 1 amide bonds. The predicted octanol–water partition coefficient (Wildman–Crippen LogP) is 5.44. The maximum absolute atomic E-state index is 13.4. The number of benzene rings is 1. The number of hydrogen-bond acceptors (Lipinski definition) is 10. The van der Waals surface area contributed by atoms with E-state index in [1.165, 1.54) is 17.7 Å². The second-order valence-electron chi connectivity index (χ2n) is 8.98. The van der Waals surface area contributed by atoms with Crippen LogP contribution in [0.25, 0.3) is 10.2 Å². The lowest BCUT2D eigenvalue weighted by Gasteiger charge is -2.18. The first-order valence-corrected chi connectivity index (χ1v) is 15.0. The number of amides is 1. The summed E-state index contributed by atoms with van der Waals surface area (Å²) < 4.78 is 12.5. The second kappa shape index (κ2) is 14.0. The summed E-state index contributed by atoms with van der Waals surface area (Å²) in [6.07, 6.45) is 3.23. The first-order chi connectivity index (χ1) is 19.4. The number of anilines is 3. The molecule has 10 nitrogen and oxygen atoms in total. The van der Waals surface area contributed by atoms with E-state index in [-0.39, 0.29) is 5.91 Å². The van der Waals surface area contributed by atoms with Crippen LogP contribution in [0.2, 0.25) is 0 Å². The van der Waals surface area contributed by atoms with Gasteiger partial charge in [0.1, 0.15) is 23.6 Å². The highest BCUT2D eigenvalue weighted by Gasteiger charge is 2.21. The molecule has 0 spiro atoms. The van der Waals surface area contributed by atoms with Gasteiger partial charge in [0, 0.05) is 42.8 Å². The van der Waals surface area contributed by atoms with Crippen molar-refractivity contribution in [3.63, 3.8) is 0 Å². The molecule has 0 unspecified atom stereocenters. The summed E-state index contributed by atoms with van der Waals surface area (Å²) in [7, 11) is 3.18. The number of halogens is 1. The van der Waals surface area contributed by atoms with Crippen LogP contribution >= 0.6 is 33.9 Å². The van der Waals surface area contributed by atoms with Gasteiger partial charge in [0.25, 0.3) is 5.91 Å². The summed E-state index contributed by atoms with van der Waals surface area (Å²) in [5.74, 6) is 2.25. The lowest BCUT2D eigenvalue weighted by Crippen LogP contribution is -2.31. The van der Waals surface area contributed by atoms with Crippen molar-refractivity contribution in [3.8, 4) is 11.5 Å². The van der Waals surface area contributed by atoms with E-state index in [2.05, 4.69) is 72.2 Å². The summed E-state index contributed by atoms with van der Waals surface area (Å²) in [6, 6.07) is 5.81. The number of likely N-dealkylation sites (N-methyl/N-ethyl adjacent to an activating group) is 1. The number of fused-ring (bicyclic) bond motifs is 1. The molecule has 40 heavy (non-hydrogen) atoms. The highest BCUT2D eigenvalue weighted by molar-refractivity contribution is 14.1. The zero-order valence-electron chi connectivity index (χ0n) is 23.3. The summed E-state index contributed by atoms with van der Waals surface area (Å²) >= 11 is 3.57. The number of carbonyl (C=O) groups excluding carboxylic acids is 1. The molecule has 1 aromatic carbocycles. The number of hydrogen-bond donors (Lipinski definition) is 3. The maximum atomic E-state index is 13.4. The van der Waals surface area contributed by atoms with Crippen molar-refractivity contribution in [2.75, 3.05) is 51.0 Å². The van der Waals surface area contributed by atoms with Crippen LogP contribution in [-0.2, 0) is 6.54 Å². The Kier molecular flexibility index (Phi) is 10.5. The van der Waals surface area contributed by atoms with Crippen LogP contribution in [0.3, 0.4) is 0 Å². The summed E-state index contributed by atoms with van der Waals surface area (Å²) in [4.78, 5) is 29.1. The van der Waals surface area contributed by atoms with Gasteiger partial charge in [-0.15, -0.1) is 11.3 Å². The number of nitrogens with one attached hydrogen (secondary N) is 3. The fourth-order valence-corrected chi connectivity index (χ4v) is 6.14. The van der Waals surface area contributed by atoms with Crippen LogP contribution in [-0.4, -0.2) is 66.2 Å². The number of pyridine rings is 1. The van der Waals surface area contributed by atoms with Gasteiger partial charge < -0.3 is 30.3 Å². The molecular weight excluding hydrogens is 641 g/mol. The van der Waals surface area contributed by atoms with Gasteiger partial charge in [0.2, 0.25) is 0 Å². The summed E-state index contributed by atoms with van der Waals surface area (Å²) in [6.45, 7) is 11.0. The maximum Gasteiger partial charge on any atom is 0.258 e. The molecular formula is C28H34IN7O3S. The fourth-order valence-electron chi connectivity index (χ4n) is 4.28. The molecule has 0 saturated heterocycles. The van der Waals surface area contributed by atoms with Gasteiger partial charge in [-0.3, -0.25) is 4.79 Å².